The lowest BCUT2D eigenvalue weighted by atomic mass is 10.2. The van der Waals surface area contributed by atoms with Crippen LogP contribution in [0.1, 0.15) is 21.0 Å². The minimum atomic E-state index is -0.981. The van der Waals surface area contributed by atoms with Crippen molar-refractivity contribution in [2.45, 2.75) is 6.54 Å². The second kappa shape index (κ2) is 6.21. The summed E-state index contributed by atoms with van der Waals surface area (Å²) in [4.78, 5) is 24.8. The van der Waals surface area contributed by atoms with E-state index in [1.165, 1.54) is 23.7 Å². The molecule has 2 aromatic rings. The minimum Gasteiger partial charge on any atom is -0.478 e. The van der Waals surface area contributed by atoms with Gasteiger partial charge in [-0.15, -0.1) is 11.3 Å². The van der Waals surface area contributed by atoms with E-state index in [-0.39, 0.29) is 5.91 Å². The molecule has 1 amide bonds. The van der Waals surface area contributed by atoms with Crippen LogP contribution in [0.15, 0.2) is 40.3 Å². The Hall–Kier alpha value is -2.34. The number of nitrogens with zero attached hydrogens (tertiary/aromatic N) is 1. The summed E-state index contributed by atoms with van der Waals surface area (Å²) in [6.45, 7) is 0.441. The largest absolute Gasteiger partial charge is 0.478 e. The first-order valence-electron chi connectivity index (χ1n) is 5.83. The molecule has 0 spiro atoms. The molecule has 0 aromatic carbocycles. The molecule has 0 aliphatic rings. The number of carboxylic acid groups (broad SMARTS) is 1. The summed E-state index contributed by atoms with van der Waals surface area (Å²) in [6.07, 6.45) is 4.08. The molecule has 0 atom stereocenters. The van der Waals surface area contributed by atoms with Crippen molar-refractivity contribution < 1.29 is 19.1 Å². The Morgan fingerprint density at radius 2 is 2.30 bits per heavy atom. The van der Waals surface area contributed by atoms with Crippen molar-refractivity contribution in [1.82, 2.24) is 4.90 Å². The summed E-state index contributed by atoms with van der Waals surface area (Å²) >= 11 is 1.43. The van der Waals surface area contributed by atoms with Crippen LogP contribution in [0.25, 0.3) is 6.08 Å². The number of hydrogen-bond donors (Lipinski definition) is 1. The normalized spacial score (nSPS) is 10.8. The van der Waals surface area contributed by atoms with Crippen molar-refractivity contribution in [3.63, 3.8) is 0 Å². The summed E-state index contributed by atoms with van der Waals surface area (Å²) < 4.78 is 5.06. The van der Waals surface area contributed by atoms with Gasteiger partial charge in [-0.25, -0.2) is 4.79 Å². The van der Waals surface area contributed by atoms with Crippen molar-refractivity contribution in [1.29, 1.82) is 0 Å². The van der Waals surface area contributed by atoms with Gasteiger partial charge in [-0.1, -0.05) is 0 Å². The first kappa shape index (κ1) is 14.1. The molecule has 0 aliphatic carbocycles. The number of carbonyl (C=O) groups is 2. The van der Waals surface area contributed by atoms with Crippen molar-refractivity contribution in [3.8, 4) is 0 Å². The minimum absolute atomic E-state index is 0.191. The third-order valence-electron chi connectivity index (χ3n) is 2.56. The molecule has 2 rings (SSSR count). The monoisotopic (exact) mass is 291 g/mol. The van der Waals surface area contributed by atoms with Crippen LogP contribution in [0.5, 0.6) is 0 Å². The first-order chi connectivity index (χ1) is 9.56. The van der Waals surface area contributed by atoms with Crippen LogP contribution in [-0.4, -0.2) is 28.9 Å². The Morgan fingerprint density at radius 1 is 1.50 bits per heavy atom. The molecular weight excluding hydrogens is 278 g/mol. The van der Waals surface area contributed by atoms with Crippen LogP contribution < -0.4 is 0 Å². The van der Waals surface area contributed by atoms with E-state index in [4.69, 9.17) is 9.52 Å². The fraction of sp³-hybridized carbons (Fsp3) is 0.143. The number of carbonyl (C=O) groups excluding carboxylic acids is 1. The predicted molar refractivity (Wildman–Crippen MR) is 75.5 cm³/mol. The number of rotatable bonds is 5. The molecule has 104 valence electrons. The van der Waals surface area contributed by atoms with Gasteiger partial charge in [-0.3, -0.25) is 4.79 Å². The average molecular weight is 291 g/mol. The second-order valence-electron chi connectivity index (χ2n) is 4.17. The van der Waals surface area contributed by atoms with E-state index in [0.29, 0.717) is 12.3 Å². The van der Waals surface area contributed by atoms with E-state index in [0.717, 1.165) is 16.5 Å². The van der Waals surface area contributed by atoms with Crippen LogP contribution in [0, 0.1) is 0 Å². The Morgan fingerprint density at radius 3 is 2.95 bits per heavy atom. The molecule has 5 nitrogen and oxygen atoms in total. The van der Waals surface area contributed by atoms with Crippen LogP contribution in [0.4, 0.5) is 0 Å². The van der Waals surface area contributed by atoms with E-state index in [1.54, 1.807) is 24.1 Å². The highest BCUT2D eigenvalue weighted by Crippen LogP contribution is 2.18. The quantitative estimate of drug-likeness (QED) is 0.860. The zero-order valence-electron chi connectivity index (χ0n) is 10.8. The maximum atomic E-state index is 12.0. The van der Waals surface area contributed by atoms with Gasteiger partial charge in [0.05, 0.1) is 6.26 Å². The highest BCUT2D eigenvalue weighted by molar-refractivity contribution is 7.11. The summed E-state index contributed by atoms with van der Waals surface area (Å²) in [7, 11) is 1.69. The summed E-state index contributed by atoms with van der Waals surface area (Å²) in [5.74, 6) is -0.873. The highest BCUT2D eigenvalue weighted by Gasteiger charge is 2.14. The van der Waals surface area contributed by atoms with Gasteiger partial charge in [0.15, 0.2) is 5.76 Å². The van der Waals surface area contributed by atoms with E-state index in [1.807, 2.05) is 11.4 Å². The molecule has 0 aliphatic heterocycles. The number of thiophene rings is 1. The standard InChI is InChI=1S/C14H13NO4S/c1-15(14(18)12-3-2-6-19-12)8-10-7-11(20-9-10)4-5-13(16)17/h2-7,9H,8H2,1H3,(H,16,17). The van der Waals surface area contributed by atoms with E-state index >= 15 is 0 Å². The van der Waals surface area contributed by atoms with Crippen LogP contribution >= 0.6 is 11.3 Å². The van der Waals surface area contributed by atoms with Gasteiger partial charge in [-0.05, 0) is 35.2 Å². The Labute approximate surface area is 119 Å². The molecule has 2 aromatic heterocycles. The fourth-order valence-corrected chi connectivity index (χ4v) is 2.45. The highest BCUT2D eigenvalue weighted by atomic mass is 32.1. The fourth-order valence-electron chi connectivity index (χ4n) is 1.65. The smallest absolute Gasteiger partial charge is 0.328 e. The van der Waals surface area contributed by atoms with E-state index in [2.05, 4.69) is 0 Å². The Kier molecular flexibility index (Phi) is 4.37. The lowest BCUT2D eigenvalue weighted by molar-refractivity contribution is -0.131. The number of carboxylic acids is 1. The SMILES string of the molecule is CN(Cc1csc(C=CC(=O)O)c1)C(=O)c1ccco1. The van der Waals surface area contributed by atoms with Crippen molar-refractivity contribution >= 4 is 29.3 Å². The molecule has 0 radical (unpaired) electrons. The molecule has 1 N–H and O–H groups in total. The Bertz CT molecular complexity index is 627. The van der Waals surface area contributed by atoms with Gasteiger partial charge in [0.1, 0.15) is 0 Å². The maximum Gasteiger partial charge on any atom is 0.328 e. The van der Waals surface area contributed by atoms with Crippen molar-refractivity contribution in [2.75, 3.05) is 7.05 Å². The molecular formula is C14H13NO4S. The van der Waals surface area contributed by atoms with Crippen molar-refractivity contribution in [2.24, 2.45) is 0 Å². The van der Waals surface area contributed by atoms with Gasteiger partial charge < -0.3 is 14.4 Å². The van der Waals surface area contributed by atoms with Crippen LogP contribution in [0.2, 0.25) is 0 Å². The van der Waals surface area contributed by atoms with Gasteiger partial charge in [0.25, 0.3) is 5.91 Å². The molecule has 6 heteroatoms. The Balaban J connectivity index is 2.00. The number of hydrogen-bond acceptors (Lipinski definition) is 4. The van der Waals surface area contributed by atoms with Gasteiger partial charge >= 0.3 is 5.97 Å². The molecule has 0 saturated carbocycles. The second-order valence-corrected chi connectivity index (χ2v) is 5.11. The molecule has 2 heterocycles. The molecule has 0 unspecified atom stereocenters. The summed E-state index contributed by atoms with van der Waals surface area (Å²) in [5, 5.41) is 10.5. The zero-order valence-corrected chi connectivity index (χ0v) is 11.6. The van der Waals surface area contributed by atoms with Crippen LogP contribution in [0.3, 0.4) is 0 Å². The summed E-state index contributed by atoms with van der Waals surface area (Å²) in [5.41, 5.74) is 0.947. The van der Waals surface area contributed by atoms with Gasteiger partial charge in [0, 0.05) is 24.5 Å². The van der Waals surface area contributed by atoms with Crippen molar-refractivity contribution in [3.05, 3.63) is 52.1 Å². The summed E-state index contributed by atoms with van der Waals surface area (Å²) in [6, 6.07) is 5.14. The lowest BCUT2D eigenvalue weighted by Gasteiger charge is -2.14. The topological polar surface area (TPSA) is 70.8 Å². The van der Waals surface area contributed by atoms with Gasteiger partial charge in [0.2, 0.25) is 0 Å². The molecule has 0 bridgehead atoms. The lowest BCUT2D eigenvalue weighted by Crippen LogP contribution is -2.25. The number of furan rings is 1. The predicted octanol–water partition coefficient (Wildman–Crippen LogP) is 2.71. The van der Waals surface area contributed by atoms with Gasteiger partial charge in [-0.2, -0.15) is 0 Å². The molecule has 0 fully saturated rings. The number of aliphatic carboxylic acids is 1. The molecule has 0 saturated heterocycles. The van der Waals surface area contributed by atoms with Crippen LogP contribution in [-0.2, 0) is 11.3 Å². The van der Waals surface area contributed by atoms with E-state index in [9.17, 15) is 9.59 Å². The third-order valence-corrected chi connectivity index (χ3v) is 3.51. The zero-order chi connectivity index (χ0) is 14.5. The van der Waals surface area contributed by atoms with E-state index < -0.39 is 5.97 Å². The maximum absolute atomic E-state index is 12.0. The third kappa shape index (κ3) is 3.58. The number of amides is 1. The average Bonchev–Trinajstić information content (AvgIpc) is 3.06. The first-order valence-corrected chi connectivity index (χ1v) is 6.71. The molecule has 20 heavy (non-hydrogen) atoms.